The van der Waals surface area contributed by atoms with Crippen molar-refractivity contribution in [2.45, 2.75) is 70.3 Å². The van der Waals surface area contributed by atoms with Crippen molar-refractivity contribution in [2.75, 3.05) is 74.7 Å². The van der Waals surface area contributed by atoms with Gasteiger partial charge >= 0.3 is 8.80 Å². The summed E-state index contributed by atoms with van der Waals surface area (Å²) in [5.74, 6) is 0. The van der Waals surface area contributed by atoms with Crippen LogP contribution in [0.15, 0.2) is 0 Å². The van der Waals surface area contributed by atoms with E-state index in [-0.39, 0.29) is 0 Å². The van der Waals surface area contributed by atoms with Crippen molar-refractivity contribution in [2.24, 2.45) is 0 Å². The molecule has 7 nitrogen and oxygen atoms in total. The van der Waals surface area contributed by atoms with Crippen LogP contribution in [0.3, 0.4) is 0 Å². The first kappa shape index (κ1) is 29.9. The first-order chi connectivity index (χ1) is 14.7. The topological polar surface area (TPSA) is 64.6 Å². The van der Waals surface area contributed by atoms with Crippen LogP contribution in [0.5, 0.6) is 0 Å². The van der Waals surface area contributed by atoms with Crippen molar-refractivity contribution in [1.82, 2.24) is 0 Å². The van der Waals surface area contributed by atoms with E-state index >= 15 is 0 Å². The van der Waals surface area contributed by atoms with Crippen LogP contribution in [0.25, 0.3) is 0 Å². The fourth-order valence-electron chi connectivity index (χ4n) is 3.17. The van der Waals surface area contributed by atoms with E-state index in [4.69, 9.17) is 32.2 Å². The Hall–Kier alpha value is -0.0631. The normalized spacial score (nSPS) is 12.0. The Morgan fingerprint density at radius 1 is 0.400 bits per heavy atom. The van der Waals surface area contributed by atoms with Crippen LogP contribution < -0.4 is 0 Å². The smallest absolute Gasteiger partial charge is 0.382 e. The molecule has 182 valence electrons. The Labute approximate surface area is 186 Å². The minimum Gasteiger partial charge on any atom is -0.382 e. The Kier molecular flexibility index (Phi) is 23.5. The molecule has 0 saturated heterocycles. The molecular formula is C22H48O7Si. The van der Waals surface area contributed by atoms with Gasteiger partial charge in [-0.25, -0.2) is 0 Å². The van der Waals surface area contributed by atoms with E-state index in [1.54, 1.807) is 28.4 Å². The fourth-order valence-corrected chi connectivity index (χ4v) is 4.96. The van der Waals surface area contributed by atoms with Gasteiger partial charge in [-0.15, -0.1) is 0 Å². The molecule has 0 rings (SSSR count). The van der Waals surface area contributed by atoms with Gasteiger partial charge in [-0.05, 0) is 19.3 Å². The highest BCUT2D eigenvalue weighted by Gasteiger charge is 2.36. The Morgan fingerprint density at radius 3 is 1.33 bits per heavy atom. The Balaban J connectivity index is 3.16. The second-order valence-electron chi connectivity index (χ2n) is 7.41. The minimum atomic E-state index is -2.36. The van der Waals surface area contributed by atoms with E-state index in [1.807, 2.05) is 0 Å². The van der Waals surface area contributed by atoms with Crippen LogP contribution >= 0.6 is 0 Å². The molecule has 30 heavy (non-hydrogen) atoms. The van der Waals surface area contributed by atoms with E-state index < -0.39 is 8.80 Å². The van der Waals surface area contributed by atoms with Crippen LogP contribution in [0, 0.1) is 0 Å². The molecule has 8 heteroatoms. The number of ether oxygens (including phenoxy) is 4. The molecule has 0 amide bonds. The quantitative estimate of drug-likeness (QED) is 0.150. The lowest BCUT2D eigenvalue weighted by Gasteiger charge is -2.24. The summed E-state index contributed by atoms with van der Waals surface area (Å²) in [6, 6.07) is 0.909. The van der Waals surface area contributed by atoms with Crippen LogP contribution in [-0.4, -0.2) is 83.5 Å². The van der Waals surface area contributed by atoms with Crippen LogP contribution in [0.4, 0.5) is 0 Å². The number of hydrogen-bond donors (Lipinski definition) is 0. The molecule has 0 spiro atoms. The van der Waals surface area contributed by atoms with E-state index in [0.29, 0.717) is 26.4 Å². The highest BCUT2D eigenvalue weighted by molar-refractivity contribution is 6.60. The average molecular weight is 453 g/mol. The molecule has 0 fully saturated rings. The zero-order valence-electron chi connectivity index (χ0n) is 20.1. The number of methoxy groups -OCH3 is 1. The zero-order valence-corrected chi connectivity index (χ0v) is 21.1. The van der Waals surface area contributed by atoms with Crippen molar-refractivity contribution in [3.05, 3.63) is 0 Å². The molecule has 0 heterocycles. The first-order valence-corrected chi connectivity index (χ1v) is 13.6. The SMILES string of the molecule is COCCOCCOCCCOCCCCCCCCCCC[Si](OC)(OC)OC. The third-order valence-electron chi connectivity index (χ3n) is 5.09. The highest BCUT2D eigenvalue weighted by Crippen LogP contribution is 2.18. The predicted octanol–water partition coefficient (Wildman–Crippen LogP) is 4.46. The number of rotatable bonds is 25. The molecule has 0 aliphatic carbocycles. The molecular weight excluding hydrogens is 404 g/mol. The monoisotopic (exact) mass is 452 g/mol. The largest absolute Gasteiger partial charge is 0.500 e. The third-order valence-corrected chi connectivity index (χ3v) is 7.92. The molecule has 0 atom stereocenters. The third kappa shape index (κ3) is 18.7. The van der Waals surface area contributed by atoms with Gasteiger partial charge < -0.3 is 32.2 Å². The number of unbranched alkanes of at least 4 members (excludes halogenated alkanes) is 8. The first-order valence-electron chi connectivity index (χ1n) is 11.6. The molecule has 0 saturated carbocycles. The zero-order chi connectivity index (χ0) is 22.2. The van der Waals surface area contributed by atoms with Crippen molar-refractivity contribution >= 4 is 8.80 Å². The number of hydrogen-bond acceptors (Lipinski definition) is 7. The minimum absolute atomic E-state index is 0.627. The molecule has 0 aliphatic heterocycles. The van der Waals surface area contributed by atoms with Crippen molar-refractivity contribution in [3.8, 4) is 0 Å². The van der Waals surface area contributed by atoms with E-state index in [1.165, 1.54) is 44.9 Å². The fraction of sp³-hybridized carbons (Fsp3) is 1.00. The molecule has 0 radical (unpaired) electrons. The summed E-state index contributed by atoms with van der Waals surface area (Å²) in [4.78, 5) is 0. The standard InChI is InChI=1S/C22H48O7Si/c1-23-18-19-29-21-20-28-17-14-16-27-15-12-10-8-6-5-7-9-11-13-22-30(24-2,25-3)26-4/h5-22H2,1-4H3. The van der Waals surface area contributed by atoms with Gasteiger partial charge in [0.2, 0.25) is 0 Å². The van der Waals surface area contributed by atoms with E-state index in [0.717, 1.165) is 45.1 Å². The molecule has 0 unspecified atom stereocenters. The van der Waals surface area contributed by atoms with Crippen LogP contribution in [-0.2, 0) is 32.2 Å². The molecule has 0 aromatic carbocycles. The summed E-state index contributed by atoms with van der Waals surface area (Å²) in [7, 11) is 4.36. The molecule has 0 aliphatic rings. The summed E-state index contributed by atoms with van der Waals surface area (Å²) >= 11 is 0. The molecule has 0 aromatic rings. The lowest BCUT2D eigenvalue weighted by molar-refractivity contribution is 0.0181. The van der Waals surface area contributed by atoms with Crippen molar-refractivity contribution in [1.29, 1.82) is 0 Å². The predicted molar refractivity (Wildman–Crippen MR) is 122 cm³/mol. The summed E-state index contributed by atoms with van der Waals surface area (Å²) in [6.07, 6.45) is 12.3. The Morgan fingerprint density at radius 2 is 0.800 bits per heavy atom. The van der Waals surface area contributed by atoms with Gasteiger partial charge in [-0.2, -0.15) is 0 Å². The van der Waals surface area contributed by atoms with E-state index in [9.17, 15) is 0 Å². The maximum absolute atomic E-state index is 5.67. The molecule has 0 N–H and O–H groups in total. The second-order valence-corrected chi connectivity index (χ2v) is 10.5. The van der Waals surface area contributed by atoms with Gasteiger partial charge in [0.05, 0.1) is 26.4 Å². The average Bonchev–Trinajstić information content (AvgIpc) is 2.78. The van der Waals surface area contributed by atoms with Crippen molar-refractivity contribution in [3.63, 3.8) is 0 Å². The van der Waals surface area contributed by atoms with Crippen LogP contribution in [0.1, 0.15) is 64.2 Å². The maximum Gasteiger partial charge on any atom is 0.500 e. The lowest BCUT2D eigenvalue weighted by Crippen LogP contribution is -2.42. The summed E-state index contributed by atoms with van der Waals surface area (Å²) in [6.45, 7) is 4.91. The van der Waals surface area contributed by atoms with Gasteiger partial charge in [0, 0.05) is 54.3 Å². The summed E-state index contributed by atoms with van der Waals surface area (Å²) in [5.41, 5.74) is 0. The van der Waals surface area contributed by atoms with Crippen molar-refractivity contribution < 1.29 is 32.2 Å². The second kappa shape index (κ2) is 23.6. The maximum atomic E-state index is 5.67. The molecule has 0 bridgehead atoms. The highest BCUT2D eigenvalue weighted by atomic mass is 28.4. The summed E-state index contributed by atoms with van der Waals surface area (Å²) in [5, 5.41) is 0. The Bertz CT molecular complexity index is 322. The van der Waals surface area contributed by atoms with Gasteiger partial charge in [-0.3, -0.25) is 0 Å². The van der Waals surface area contributed by atoms with Crippen LogP contribution in [0.2, 0.25) is 6.04 Å². The van der Waals surface area contributed by atoms with E-state index in [2.05, 4.69) is 0 Å². The van der Waals surface area contributed by atoms with Gasteiger partial charge in [0.1, 0.15) is 0 Å². The van der Waals surface area contributed by atoms with Gasteiger partial charge in [0.25, 0.3) is 0 Å². The molecule has 0 aromatic heterocycles. The van der Waals surface area contributed by atoms with Gasteiger partial charge in [-0.1, -0.05) is 44.9 Å². The van der Waals surface area contributed by atoms with Gasteiger partial charge in [0.15, 0.2) is 0 Å². The summed E-state index contributed by atoms with van der Waals surface area (Å²) < 4.78 is 37.7. The lowest BCUT2D eigenvalue weighted by atomic mass is 10.1.